The first kappa shape index (κ1) is 23.9. The van der Waals surface area contributed by atoms with E-state index in [1.165, 1.54) is 11.8 Å². The van der Waals surface area contributed by atoms with Crippen LogP contribution in [0.3, 0.4) is 0 Å². The van der Waals surface area contributed by atoms with Crippen LogP contribution >= 0.6 is 0 Å². The maximum atomic E-state index is 14.5. The Morgan fingerprint density at radius 3 is 2.83 bits per heavy atom. The minimum atomic E-state index is -1.63. The molecular formula is C28H34FN3O4. The van der Waals surface area contributed by atoms with E-state index in [0.717, 1.165) is 24.1 Å². The van der Waals surface area contributed by atoms with Crippen LogP contribution in [0, 0.1) is 40.4 Å². The first-order chi connectivity index (χ1) is 17.1. The number of allylic oxidation sites excluding steroid dienone is 1. The summed E-state index contributed by atoms with van der Waals surface area (Å²) in [6, 6.07) is 3.36. The van der Waals surface area contributed by atoms with Crippen LogP contribution in [0.15, 0.2) is 30.1 Å². The van der Waals surface area contributed by atoms with Gasteiger partial charge < -0.3 is 15.3 Å². The number of Topliss-reactive ketones (excluding diaryl/α,β-unsaturated/α-hetero) is 1. The van der Waals surface area contributed by atoms with Gasteiger partial charge in [0, 0.05) is 11.6 Å². The van der Waals surface area contributed by atoms with Crippen LogP contribution in [-0.2, 0) is 11.2 Å². The summed E-state index contributed by atoms with van der Waals surface area (Å²) in [5.74, 6) is -1.19. The highest BCUT2D eigenvalue weighted by Gasteiger charge is 2.70. The SMILES string of the molecule is C[C@@H]1C[C@H]2[C@@H]3CCC4=Cc5c(cnn5-c5cccnc5F)C[C@]4(C)[C@H]3[C@@H](O)C[C@]2(C)[C@@]1(O)C(=O)CO. The maximum Gasteiger partial charge on any atom is 0.238 e. The fraction of sp³-hybridized carbons (Fsp3) is 0.607. The fourth-order valence-corrected chi connectivity index (χ4v) is 8.96. The quantitative estimate of drug-likeness (QED) is 0.565. The number of rotatable bonds is 3. The van der Waals surface area contributed by atoms with Gasteiger partial charge in [-0.1, -0.05) is 26.3 Å². The summed E-state index contributed by atoms with van der Waals surface area (Å²) in [4.78, 5) is 16.6. The molecule has 0 radical (unpaired) electrons. The van der Waals surface area contributed by atoms with E-state index in [2.05, 4.69) is 23.1 Å². The van der Waals surface area contributed by atoms with Crippen molar-refractivity contribution in [2.45, 2.75) is 64.6 Å². The van der Waals surface area contributed by atoms with Gasteiger partial charge in [0.15, 0.2) is 5.78 Å². The van der Waals surface area contributed by atoms with Gasteiger partial charge in [-0.2, -0.15) is 9.49 Å². The monoisotopic (exact) mass is 495 g/mol. The van der Waals surface area contributed by atoms with Crippen LogP contribution in [-0.4, -0.2) is 54.2 Å². The lowest BCUT2D eigenvalue weighted by Crippen LogP contribution is -2.63. The molecule has 2 aromatic heterocycles. The van der Waals surface area contributed by atoms with Crippen LogP contribution in [0.2, 0.25) is 0 Å². The zero-order chi connectivity index (χ0) is 25.6. The van der Waals surface area contributed by atoms with Crippen LogP contribution in [0.1, 0.15) is 57.7 Å². The number of ketones is 1. The second-order valence-corrected chi connectivity index (χ2v) is 12.1. The smallest absolute Gasteiger partial charge is 0.238 e. The first-order valence-corrected chi connectivity index (χ1v) is 13.0. The number of hydrogen-bond donors (Lipinski definition) is 3. The van der Waals surface area contributed by atoms with Crippen molar-refractivity contribution in [1.29, 1.82) is 0 Å². The molecule has 0 saturated heterocycles. The molecule has 3 N–H and O–H groups in total. The lowest BCUT2D eigenvalue weighted by atomic mass is 9.45. The van der Waals surface area contributed by atoms with E-state index >= 15 is 0 Å². The van der Waals surface area contributed by atoms with Crippen molar-refractivity contribution in [3.05, 3.63) is 47.3 Å². The van der Waals surface area contributed by atoms with Crippen LogP contribution in [0.4, 0.5) is 4.39 Å². The summed E-state index contributed by atoms with van der Waals surface area (Å²) in [7, 11) is 0. The molecule has 4 aliphatic carbocycles. The summed E-state index contributed by atoms with van der Waals surface area (Å²) >= 11 is 0. The zero-order valence-electron chi connectivity index (χ0n) is 21.0. The molecule has 36 heavy (non-hydrogen) atoms. The lowest BCUT2D eigenvalue weighted by Gasteiger charge is -2.60. The molecule has 2 aromatic rings. The Kier molecular flexibility index (Phi) is 5.18. The average Bonchev–Trinajstić information content (AvgIpc) is 3.33. The first-order valence-electron chi connectivity index (χ1n) is 13.0. The van der Waals surface area contributed by atoms with E-state index in [-0.39, 0.29) is 29.1 Å². The minimum Gasteiger partial charge on any atom is -0.393 e. The second kappa shape index (κ2) is 7.79. The molecule has 0 amide bonds. The Balaban J connectivity index is 1.39. The summed E-state index contributed by atoms with van der Waals surface area (Å²) in [5.41, 5.74) is 0.699. The standard InChI is InChI=1S/C28H34FN3O4/c1-15-9-19-18-7-6-17-10-21-16(13-31-32(21)20-5-4-8-30-25(20)29)11-26(17,2)24(18)22(34)12-27(19,3)28(15,36)23(35)14-33/h4-5,8,10,13,15,18-19,22,24,33-34,36H,6-7,9,11-12,14H2,1-3H3/t15-,18+,19+,22+,24-,26+,27+,28+/m1/s1. The van der Waals surface area contributed by atoms with Crippen molar-refractivity contribution in [3.63, 3.8) is 0 Å². The van der Waals surface area contributed by atoms with Gasteiger partial charge in [-0.25, -0.2) is 9.67 Å². The predicted molar refractivity (Wildman–Crippen MR) is 130 cm³/mol. The Morgan fingerprint density at radius 2 is 2.11 bits per heavy atom. The number of aliphatic hydroxyl groups is 3. The number of carbonyl (C=O) groups excluding carboxylic acids is 1. The molecule has 4 aliphatic rings. The van der Waals surface area contributed by atoms with Crippen molar-refractivity contribution in [3.8, 4) is 5.69 Å². The number of fused-ring (bicyclic) bond motifs is 6. The van der Waals surface area contributed by atoms with E-state index in [1.807, 2.05) is 13.8 Å². The van der Waals surface area contributed by atoms with Gasteiger partial charge in [0.05, 0.1) is 18.0 Å². The van der Waals surface area contributed by atoms with E-state index in [9.17, 15) is 24.5 Å². The van der Waals surface area contributed by atoms with Gasteiger partial charge in [0.25, 0.3) is 0 Å². The number of carbonyl (C=O) groups is 1. The van der Waals surface area contributed by atoms with Crippen LogP contribution < -0.4 is 0 Å². The molecule has 8 heteroatoms. The van der Waals surface area contributed by atoms with Gasteiger partial charge in [-0.3, -0.25) is 4.79 Å². The summed E-state index contributed by atoms with van der Waals surface area (Å²) in [6.07, 6.45) is 8.03. The number of aromatic nitrogens is 3. The molecule has 2 heterocycles. The van der Waals surface area contributed by atoms with Crippen molar-refractivity contribution in [2.75, 3.05) is 6.61 Å². The molecule has 0 unspecified atom stereocenters. The third kappa shape index (κ3) is 2.86. The average molecular weight is 496 g/mol. The highest BCUT2D eigenvalue weighted by atomic mass is 19.1. The number of nitrogens with zero attached hydrogens (tertiary/aromatic N) is 3. The molecule has 0 bridgehead atoms. The third-order valence-electron chi connectivity index (χ3n) is 10.5. The Morgan fingerprint density at radius 1 is 1.33 bits per heavy atom. The van der Waals surface area contributed by atoms with Gasteiger partial charge >= 0.3 is 0 Å². The summed E-state index contributed by atoms with van der Waals surface area (Å²) < 4.78 is 16.1. The Bertz CT molecular complexity index is 1280. The number of hydrogen-bond acceptors (Lipinski definition) is 6. The molecule has 192 valence electrons. The number of pyridine rings is 1. The van der Waals surface area contributed by atoms with Gasteiger partial charge in [-0.15, -0.1) is 0 Å². The normalized spacial score (nSPS) is 41.1. The molecule has 0 spiro atoms. The summed E-state index contributed by atoms with van der Waals surface area (Å²) in [5, 5.41) is 37.5. The second-order valence-electron chi connectivity index (χ2n) is 12.1. The number of halogens is 1. The van der Waals surface area contributed by atoms with Crippen LogP contribution in [0.5, 0.6) is 0 Å². The highest BCUT2D eigenvalue weighted by Crippen LogP contribution is 2.68. The van der Waals surface area contributed by atoms with E-state index in [1.54, 1.807) is 23.0 Å². The van der Waals surface area contributed by atoms with E-state index < -0.39 is 35.5 Å². The van der Waals surface area contributed by atoms with Crippen molar-refractivity contribution < 1.29 is 24.5 Å². The van der Waals surface area contributed by atoms with Crippen molar-refractivity contribution >= 4 is 11.9 Å². The Hall–Kier alpha value is -2.42. The fourth-order valence-electron chi connectivity index (χ4n) is 8.96. The molecular weight excluding hydrogens is 461 g/mol. The van der Waals surface area contributed by atoms with Crippen LogP contribution in [0.25, 0.3) is 11.8 Å². The van der Waals surface area contributed by atoms with Gasteiger partial charge in [0.1, 0.15) is 17.9 Å². The largest absolute Gasteiger partial charge is 0.393 e. The van der Waals surface area contributed by atoms with Crippen molar-refractivity contribution in [1.82, 2.24) is 14.8 Å². The molecule has 0 aromatic carbocycles. The Labute approximate surface area is 210 Å². The minimum absolute atomic E-state index is 0.0269. The zero-order valence-corrected chi connectivity index (χ0v) is 21.0. The molecule has 3 saturated carbocycles. The molecule has 6 rings (SSSR count). The van der Waals surface area contributed by atoms with E-state index in [4.69, 9.17) is 0 Å². The van der Waals surface area contributed by atoms with Gasteiger partial charge in [-0.05, 0) is 85.0 Å². The summed E-state index contributed by atoms with van der Waals surface area (Å²) in [6.45, 7) is 5.36. The predicted octanol–water partition coefficient (Wildman–Crippen LogP) is 3.10. The lowest BCUT2D eigenvalue weighted by molar-refractivity contribution is -0.186. The maximum absolute atomic E-state index is 14.5. The number of aliphatic hydroxyl groups excluding tert-OH is 2. The molecule has 3 fully saturated rings. The third-order valence-corrected chi connectivity index (χ3v) is 10.5. The molecule has 8 atom stereocenters. The van der Waals surface area contributed by atoms with Gasteiger partial charge in [0.2, 0.25) is 5.95 Å². The van der Waals surface area contributed by atoms with Crippen molar-refractivity contribution in [2.24, 2.45) is 34.5 Å². The molecule has 0 aliphatic heterocycles. The topological polar surface area (TPSA) is 108 Å². The highest BCUT2D eigenvalue weighted by molar-refractivity contribution is 5.90. The van der Waals surface area contributed by atoms with E-state index in [0.29, 0.717) is 24.9 Å². The molecule has 7 nitrogen and oxygen atoms in total.